The Morgan fingerprint density at radius 3 is 2.52 bits per heavy atom. The second-order valence-corrected chi connectivity index (χ2v) is 6.73. The van der Waals surface area contributed by atoms with E-state index in [2.05, 4.69) is 9.71 Å². The lowest BCUT2D eigenvalue weighted by Gasteiger charge is -2.26. The zero-order valence-corrected chi connectivity index (χ0v) is 12.6. The monoisotopic (exact) mass is 301 g/mol. The molecule has 0 fully saturated rings. The second-order valence-electron chi connectivity index (χ2n) is 5.08. The predicted molar refractivity (Wildman–Crippen MR) is 78.7 cm³/mol. The molecular formula is C15H15N3O2S. The smallest absolute Gasteiger partial charge is 0.242 e. The highest BCUT2D eigenvalue weighted by molar-refractivity contribution is 7.89. The molecule has 1 aromatic heterocycles. The molecular weight excluding hydrogens is 286 g/mol. The molecule has 5 nitrogen and oxygen atoms in total. The van der Waals surface area contributed by atoms with Crippen LogP contribution >= 0.6 is 0 Å². The zero-order chi connectivity index (χ0) is 15.5. The van der Waals surface area contributed by atoms with Gasteiger partial charge in [0.25, 0.3) is 0 Å². The summed E-state index contributed by atoms with van der Waals surface area (Å²) in [5.74, 6) is 0. The van der Waals surface area contributed by atoms with Gasteiger partial charge in [-0.2, -0.15) is 5.26 Å². The average Bonchev–Trinajstić information content (AvgIpc) is 2.47. The van der Waals surface area contributed by atoms with Crippen molar-refractivity contribution in [3.8, 4) is 6.07 Å². The molecule has 0 aliphatic rings. The van der Waals surface area contributed by atoms with Crippen molar-refractivity contribution in [2.24, 2.45) is 0 Å². The van der Waals surface area contributed by atoms with E-state index in [1.165, 1.54) is 12.1 Å². The highest BCUT2D eigenvalue weighted by Crippen LogP contribution is 2.23. The summed E-state index contributed by atoms with van der Waals surface area (Å²) in [4.78, 5) is 3.98. The molecule has 0 aliphatic carbocycles. The van der Waals surface area contributed by atoms with Crippen molar-refractivity contribution in [2.45, 2.75) is 24.3 Å². The highest BCUT2D eigenvalue weighted by Gasteiger charge is 2.29. The van der Waals surface area contributed by atoms with Crippen molar-refractivity contribution in [1.29, 1.82) is 5.26 Å². The SMILES string of the molecule is CC(C)(NS(=O)(=O)c1ccccc1C#N)c1cccnc1. The summed E-state index contributed by atoms with van der Waals surface area (Å²) in [6.45, 7) is 3.49. The van der Waals surface area contributed by atoms with Gasteiger partial charge in [-0.3, -0.25) is 4.98 Å². The Balaban J connectivity index is 2.41. The first kappa shape index (κ1) is 15.2. The van der Waals surface area contributed by atoms with E-state index in [-0.39, 0.29) is 10.5 Å². The topological polar surface area (TPSA) is 82.9 Å². The van der Waals surface area contributed by atoms with E-state index in [1.807, 2.05) is 6.07 Å². The third-order valence-electron chi connectivity index (χ3n) is 3.07. The molecule has 0 saturated carbocycles. The molecule has 2 aromatic rings. The number of hydrogen-bond donors (Lipinski definition) is 1. The molecule has 108 valence electrons. The maximum atomic E-state index is 12.5. The number of nitriles is 1. The summed E-state index contributed by atoms with van der Waals surface area (Å²) < 4.78 is 27.7. The molecule has 0 saturated heterocycles. The van der Waals surface area contributed by atoms with Gasteiger partial charge in [0.1, 0.15) is 6.07 Å². The van der Waals surface area contributed by atoms with Crippen LogP contribution in [-0.2, 0) is 15.6 Å². The van der Waals surface area contributed by atoms with Gasteiger partial charge in [-0.05, 0) is 37.6 Å². The number of benzene rings is 1. The van der Waals surface area contributed by atoms with E-state index in [0.29, 0.717) is 0 Å². The molecule has 0 aliphatic heterocycles. The number of hydrogen-bond acceptors (Lipinski definition) is 4. The summed E-state index contributed by atoms with van der Waals surface area (Å²) in [5.41, 5.74) is 0.0188. The maximum Gasteiger partial charge on any atom is 0.242 e. The lowest BCUT2D eigenvalue weighted by atomic mass is 9.98. The summed E-state index contributed by atoms with van der Waals surface area (Å²) in [6, 6.07) is 11.6. The van der Waals surface area contributed by atoms with Gasteiger partial charge in [0.05, 0.1) is 16.0 Å². The number of rotatable bonds is 4. The lowest BCUT2D eigenvalue weighted by Crippen LogP contribution is -2.41. The van der Waals surface area contributed by atoms with E-state index in [1.54, 1.807) is 50.5 Å². The molecule has 0 unspecified atom stereocenters. The van der Waals surface area contributed by atoms with Crippen LogP contribution < -0.4 is 4.72 Å². The molecule has 0 radical (unpaired) electrons. The van der Waals surface area contributed by atoms with Gasteiger partial charge in [0.2, 0.25) is 10.0 Å². The molecule has 1 N–H and O–H groups in total. The quantitative estimate of drug-likeness (QED) is 0.938. The Morgan fingerprint density at radius 1 is 1.19 bits per heavy atom. The van der Waals surface area contributed by atoms with Crippen molar-refractivity contribution in [3.63, 3.8) is 0 Å². The first-order valence-corrected chi connectivity index (χ1v) is 7.79. The van der Waals surface area contributed by atoms with Crippen molar-refractivity contribution in [2.75, 3.05) is 0 Å². The Morgan fingerprint density at radius 2 is 1.90 bits per heavy atom. The molecule has 6 heteroatoms. The van der Waals surface area contributed by atoms with E-state index >= 15 is 0 Å². The van der Waals surface area contributed by atoms with Gasteiger partial charge < -0.3 is 0 Å². The van der Waals surface area contributed by atoms with Crippen molar-refractivity contribution in [1.82, 2.24) is 9.71 Å². The summed E-state index contributed by atoms with van der Waals surface area (Å²) >= 11 is 0. The number of pyridine rings is 1. The minimum atomic E-state index is -3.81. The third-order valence-corrected chi connectivity index (χ3v) is 4.78. The molecule has 0 bridgehead atoms. The van der Waals surface area contributed by atoms with Gasteiger partial charge in [-0.25, -0.2) is 13.1 Å². The van der Waals surface area contributed by atoms with Crippen LogP contribution in [0.1, 0.15) is 25.0 Å². The fourth-order valence-electron chi connectivity index (χ4n) is 1.98. The van der Waals surface area contributed by atoms with Crippen LogP contribution in [0.2, 0.25) is 0 Å². The minimum absolute atomic E-state index is 0.0236. The molecule has 0 amide bonds. The fourth-order valence-corrected chi connectivity index (χ4v) is 3.54. The molecule has 21 heavy (non-hydrogen) atoms. The van der Waals surface area contributed by atoms with Crippen molar-refractivity contribution in [3.05, 3.63) is 59.9 Å². The van der Waals surface area contributed by atoms with Crippen molar-refractivity contribution >= 4 is 10.0 Å². The Hall–Kier alpha value is -2.23. The van der Waals surface area contributed by atoms with Gasteiger partial charge in [0.15, 0.2) is 0 Å². The second kappa shape index (κ2) is 5.64. The average molecular weight is 301 g/mol. The molecule has 0 spiro atoms. The number of nitrogens with zero attached hydrogens (tertiary/aromatic N) is 2. The van der Waals surface area contributed by atoms with E-state index in [9.17, 15) is 8.42 Å². The van der Waals surface area contributed by atoms with Crippen LogP contribution in [0.25, 0.3) is 0 Å². The Labute approximate surface area is 124 Å². The van der Waals surface area contributed by atoms with Gasteiger partial charge >= 0.3 is 0 Å². The van der Waals surface area contributed by atoms with Gasteiger partial charge in [-0.15, -0.1) is 0 Å². The third kappa shape index (κ3) is 3.27. The van der Waals surface area contributed by atoms with Gasteiger partial charge in [-0.1, -0.05) is 18.2 Å². The maximum absolute atomic E-state index is 12.5. The number of aromatic nitrogens is 1. The predicted octanol–water partition coefficient (Wildman–Crippen LogP) is 2.17. The van der Waals surface area contributed by atoms with E-state index < -0.39 is 15.6 Å². The standard InChI is InChI=1S/C15H15N3O2S/c1-15(2,13-7-5-9-17-11-13)18-21(19,20)14-8-4-3-6-12(14)10-16/h3-9,11,18H,1-2H3. The summed E-state index contributed by atoms with van der Waals surface area (Å²) in [5, 5.41) is 9.04. The lowest BCUT2D eigenvalue weighted by molar-refractivity contribution is 0.470. The largest absolute Gasteiger partial charge is 0.264 e. The van der Waals surface area contributed by atoms with Crippen LogP contribution in [-0.4, -0.2) is 13.4 Å². The van der Waals surface area contributed by atoms with E-state index in [0.717, 1.165) is 5.56 Å². The normalized spacial score (nSPS) is 11.9. The van der Waals surface area contributed by atoms with Crippen LogP contribution in [0.15, 0.2) is 53.7 Å². The summed E-state index contributed by atoms with van der Waals surface area (Å²) in [7, 11) is -3.81. The number of nitrogens with one attached hydrogen (secondary N) is 1. The fraction of sp³-hybridized carbons (Fsp3) is 0.200. The van der Waals surface area contributed by atoms with Crippen molar-refractivity contribution < 1.29 is 8.42 Å². The highest BCUT2D eigenvalue weighted by atomic mass is 32.2. The zero-order valence-electron chi connectivity index (χ0n) is 11.7. The van der Waals surface area contributed by atoms with Gasteiger partial charge in [0, 0.05) is 12.4 Å². The molecule has 0 atom stereocenters. The first-order chi connectivity index (χ1) is 9.87. The molecule has 1 heterocycles. The summed E-state index contributed by atoms with van der Waals surface area (Å²) in [6.07, 6.45) is 3.23. The Bertz CT molecular complexity index is 778. The molecule has 2 rings (SSSR count). The van der Waals surface area contributed by atoms with Crippen LogP contribution in [0.4, 0.5) is 0 Å². The van der Waals surface area contributed by atoms with Crippen LogP contribution in [0, 0.1) is 11.3 Å². The van der Waals surface area contributed by atoms with Crippen LogP contribution in [0.5, 0.6) is 0 Å². The molecule has 1 aromatic carbocycles. The first-order valence-electron chi connectivity index (χ1n) is 6.30. The number of sulfonamides is 1. The van der Waals surface area contributed by atoms with E-state index in [4.69, 9.17) is 5.26 Å². The van der Waals surface area contributed by atoms with Crippen LogP contribution in [0.3, 0.4) is 0 Å². The Kier molecular flexibility index (Phi) is 4.07. The minimum Gasteiger partial charge on any atom is -0.264 e.